The lowest BCUT2D eigenvalue weighted by molar-refractivity contribution is -0.278. The van der Waals surface area contributed by atoms with Crippen LogP contribution < -0.4 is 0 Å². The molecule has 246 valence electrons. The Hall–Kier alpha value is -4.19. The fourth-order valence-corrected chi connectivity index (χ4v) is 6.27. The van der Waals surface area contributed by atoms with Gasteiger partial charge < -0.3 is 38.9 Å². The summed E-state index contributed by atoms with van der Waals surface area (Å²) in [5.41, 5.74) is 2.62. The number of halogens is 2. The van der Waals surface area contributed by atoms with Crippen molar-refractivity contribution in [1.29, 1.82) is 0 Å². The summed E-state index contributed by atoms with van der Waals surface area (Å²) in [6, 6.07) is 13.0. The van der Waals surface area contributed by atoms with Crippen molar-refractivity contribution in [3.8, 4) is 22.7 Å². The van der Waals surface area contributed by atoms with Crippen LogP contribution in [0.25, 0.3) is 33.7 Å². The predicted octanol–water partition coefficient (Wildman–Crippen LogP) is 3.33. The number of aliphatic hydroxyl groups is 3. The van der Waals surface area contributed by atoms with Crippen molar-refractivity contribution < 1.29 is 43.9 Å². The van der Waals surface area contributed by atoms with Gasteiger partial charge in [-0.05, 0) is 45.3 Å². The molecule has 6 rings (SSSR count). The third kappa shape index (κ3) is 6.27. The molecule has 0 unspecified atom stereocenters. The normalized spacial score (nSPS) is 21.3. The summed E-state index contributed by atoms with van der Waals surface area (Å²) < 4.78 is 19.0. The zero-order valence-corrected chi connectivity index (χ0v) is 26.9. The van der Waals surface area contributed by atoms with Gasteiger partial charge in [0.2, 0.25) is 12.1 Å². The van der Waals surface area contributed by atoms with Crippen molar-refractivity contribution in [3.05, 3.63) is 69.2 Å². The second kappa shape index (κ2) is 13.5. The summed E-state index contributed by atoms with van der Waals surface area (Å²) in [5.74, 6) is -1.24. The molecule has 0 aliphatic carbocycles. The van der Waals surface area contributed by atoms with Crippen LogP contribution in [0, 0.1) is 0 Å². The highest BCUT2D eigenvalue weighted by Gasteiger charge is 2.49. The van der Waals surface area contributed by atoms with Gasteiger partial charge >= 0.3 is 11.9 Å². The zero-order valence-electron chi connectivity index (χ0n) is 24.6. The number of hydrogen-bond donors (Lipinski definition) is 5. The number of carbonyl (C=O) groups is 2. The molecule has 5 atom stereocenters. The number of aliphatic hydroxyl groups excluding tert-OH is 3. The summed E-state index contributed by atoms with van der Waals surface area (Å²) >= 11 is 10.2. The maximum Gasteiger partial charge on any atom is 0.360 e. The SMILES string of the molecule is CCCCc1nc(Cl)c(C(=O)O[C@@H]2O[C@H](C(=O)O)[C@@H](O)[C@H](O)[C@H]2O)n1Cc1ccc2oc(-c3ccccc3-c3nn[nH]n3)c(Br)c2c1. The summed E-state index contributed by atoms with van der Waals surface area (Å²) in [4.78, 5) is 29.4. The van der Waals surface area contributed by atoms with Crippen LogP contribution in [-0.2, 0) is 27.2 Å². The summed E-state index contributed by atoms with van der Waals surface area (Å²) in [6.45, 7) is 2.13. The fourth-order valence-electron chi connectivity index (χ4n) is 5.39. The number of benzene rings is 2. The maximum atomic E-state index is 13.5. The highest BCUT2D eigenvalue weighted by molar-refractivity contribution is 9.10. The maximum absolute atomic E-state index is 13.5. The van der Waals surface area contributed by atoms with Gasteiger partial charge in [0.25, 0.3) is 0 Å². The quantitative estimate of drug-likeness (QED) is 0.130. The van der Waals surface area contributed by atoms with Crippen LogP contribution in [0.15, 0.2) is 51.4 Å². The van der Waals surface area contributed by atoms with Crippen LogP contribution in [0.3, 0.4) is 0 Å². The number of aromatic amines is 1. The number of hydrogen-bond acceptors (Lipinski definition) is 12. The minimum atomic E-state index is -1.95. The number of tetrazole rings is 1. The molecule has 4 heterocycles. The minimum absolute atomic E-state index is 0.124. The molecule has 5 aromatic rings. The molecule has 0 amide bonds. The number of carbonyl (C=O) groups excluding carboxylic acids is 1. The number of rotatable bonds is 10. The van der Waals surface area contributed by atoms with Crippen LogP contribution >= 0.6 is 27.5 Å². The van der Waals surface area contributed by atoms with Crippen LogP contribution in [0.4, 0.5) is 0 Å². The average Bonchev–Trinajstić information content (AvgIpc) is 3.78. The Balaban J connectivity index is 1.33. The first-order chi connectivity index (χ1) is 22.6. The molecular weight excluding hydrogens is 704 g/mol. The first kappa shape index (κ1) is 32.7. The van der Waals surface area contributed by atoms with E-state index >= 15 is 0 Å². The van der Waals surface area contributed by atoms with Crippen LogP contribution in [0.1, 0.15) is 41.6 Å². The molecule has 0 spiro atoms. The topological polar surface area (TPSA) is 219 Å². The minimum Gasteiger partial charge on any atom is -0.479 e. The van der Waals surface area contributed by atoms with Gasteiger partial charge in [0.15, 0.2) is 17.0 Å². The molecule has 0 radical (unpaired) electrons. The first-order valence-corrected chi connectivity index (χ1v) is 15.7. The third-order valence-corrected chi connectivity index (χ3v) is 8.83. The van der Waals surface area contributed by atoms with Gasteiger partial charge in [0, 0.05) is 29.5 Å². The lowest BCUT2D eigenvalue weighted by atomic mass is 9.99. The Labute approximate surface area is 279 Å². The molecule has 0 saturated carbocycles. The van der Waals surface area contributed by atoms with Gasteiger partial charge in [-0.3, -0.25) is 0 Å². The van der Waals surface area contributed by atoms with E-state index in [4.69, 9.17) is 25.5 Å². The second-order valence-corrected chi connectivity index (χ2v) is 12.0. The number of fused-ring (bicyclic) bond motifs is 1. The molecule has 0 bridgehead atoms. The molecule has 2 aromatic carbocycles. The Bertz CT molecular complexity index is 1930. The Morgan fingerprint density at radius 1 is 1.11 bits per heavy atom. The van der Waals surface area contributed by atoms with Crippen molar-refractivity contribution in [3.63, 3.8) is 0 Å². The van der Waals surface area contributed by atoms with E-state index in [0.29, 0.717) is 39.4 Å². The number of ether oxygens (including phenoxy) is 2. The second-order valence-electron chi connectivity index (χ2n) is 10.9. The molecular formula is C30H28BrClN6O9. The number of unbranched alkanes of at least 4 members (excludes halogenated alkanes) is 1. The van der Waals surface area contributed by atoms with Crippen molar-refractivity contribution in [2.24, 2.45) is 0 Å². The number of esters is 1. The molecule has 1 aliphatic rings. The molecule has 1 saturated heterocycles. The highest BCUT2D eigenvalue weighted by Crippen LogP contribution is 2.41. The number of imidazole rings is 1. The number of carboxylic acids is 1. The van der Waals surface area contributed by atoms with E-state index in [9.17, 15) is 30.0 Å². The molecule has 15 nitrogen and oxygen atoms in total. The number of aryl methyl sites for hydroxylation is 1. The van der Waals surface area contributed by atoms with Gasteiger partial charge in [-0.25, -0.2) is 14.6 Å². The van der Waals surface area contributed by atoms with E-state index in [0.717, 1.165) is 29.4 Å². The van der Waals surface area contributed by atoms with Crippen LogP contribution in [0.5, 0.6) is 0 Å². The molecule has 5 N–H and O–H groups in total. The van der Waals surface area contributed by atoms with Gasteiger partial charge in [0.05, 0.1) is 4.47 Å². The lowest BCUT2D eigenvalue weighted by Gasteiger charge is -2.37. The fraction of sp³-hybridized carbons (Fsp3) is 0.333. The molecule has 47 heavy (non-hydrogen) atoms. The van der Waals surface area contributed by atoms with E-state index in [-0.39, 0.29) is 17.4 Å². The van der Waals surface area contributed by atoms with Gasteiger partial charge in [-0.15, -0.1) is 10.2 Å². The van der Waals surface area contributed by atoms with Gasteiger partial charge in [-0.1, -0.05) is 55.3 Å². The highest BCUT2D eigenvalue weighted by atomic mass is 79.9. The van der Waals surface area contributed by atoms with E-state index in [1.807, 2.05) is 43.3 Å². The third-order valence-electron chi connectivity index (χ3n) is 7.78. The number of furan rings is 1. The largest absolute Gasteiger partial charge is 0.479 e. The van der Waals surface area contributed by atoms with E-state index in [1.54, 1.807) is 10.6 Å². The van der Waals surface area contributed by atoms with Gasteiger partial charge in [0.1, 0.15) is 35.5 Å². The lowest BCUT2D eigenvalue weighted by Crippen LogP contribution is -2.60. The van der Waals surface area contributed by atoms with E-state index in [2.05, 4.69) is 41.5 Å². The standard InChI is InChI=1S/C30H28BrClN6O9/c1-2-3-8-18-33-26(32)20(29(44)47-30-23(41)21(39)22(40)25(46-30)28(42)43)38(18)12-13-9-10-17-16(11-13)19(31)24(45-17)14-6-4-5-7-15(14)27-34-36-37-35-27/h4-7,9-11,21-23,25,30,39-41H,2-3,8,12H2,1H3,(H,42,43)(H,34,35,36,37)/t21-,22-,23+,25-,30-/m0/s1. The number of H-pyrrole nitrogens is 1. The summed E-state index contributed by atoms with van der Waals surface area (Å²) in [7, 11) is 0. The monoisotopic (exact) mass is 730 g/mol. The van der Waals surface area contributed by atoms with E-state index in [1.165, 1.54) is 0 Å². The Morgan fingerprint density at radius 2 is 1.87 bits per heavy atom. The summed E-state index contributed by atoms with van der Waals surface area (Å²) in [5, 5.41) is 54.8. The summed E-state index contributed by atoms with van der Waals surface area (Å²) in [6.07, 6.45) is -7.63. The van der Waals surface area contributed by atoms with Crippen molar-refractivity contribution in [1.82, 2.24) is 30.2 Å². The van der Waals surface area contributed by atoms with Crippen molar-refractivity contribution >= 4 is 50.4 Å². The van der Waals surface area contributed by atoms with Crippen molar-refractivity contribution in [2.45, 2.75) is 63.4 Å². The number of aromatic nitrogens is 6. The number of aliphatic carboxylic acids is 1. The Kier molecular flexibility index (Phi) is 9.41. The molecule has 1 fully saturated rings. The number of carboxylic acid groups (broad SMARTS) is 1. The van der Waals surface area contributed by atoms with E-state index < -0.39 is 42.6 Å². The average molecular weight is 732 g/mol. The molecule has 17 heteroatoms. The zero-order chi connectivity index (χ0) is 33.4. The van der Waals surface area contributed by atoms with Gasteiger partial charge in [-0.2, -0.15) is 5.21 Å². The smallest absolute Gasteiger partial charge is 0.360 e. The Morgan fingerprint density at radius 3 is 2.57 bits per heavy atom. The van der Waals surface area contributed by atoms with Crippen LogP contribution in [-0.4, -0.2) is 93.2 Å². The number of nitrogens with zero attached hydrogens (tertiary/aromatic N) is 5. The predicted molar refractivity (Wildman–Crippen MR) is 167 cm³/mol. The molecule has 1 aliphatic heterocycles. The first-order valence-electron chi connectivity index (χ1n) is 14.5. The van der Waals surface area contributed by atoms with Crippen molar-refractivity contribution in [2.75, 3.05) is 0 Å². The number of nitrogens with one attached hydrogen (secondary N) is 1. The van der Waals surface area contributed by atoms with Crippen LogP contribution in [0.2, 0.25) is 5.15 Å². The molecule has 3 aromatic heterocycles.